The molecule has 0 saturated heterocycles. The zero-order chi connectivity index (χ0) is 22.3. The van der Waals surface area contributed by atoms with Crippen LogP contribution < -0.4 is 15.6 Å². The molecule has 0 saturated carbocycles. The monoisotopic (exact) mass is 425 g/mol. The van der Waals surface area contributed by atoms with Crippen LogP contribution >= 0.6 is 0 Å². The smallest absolute Gasteiger partial charge is 0.258 e. The van der Waals surface area contributed by atoms with Crippen LogP contribution in [-0.4, -0.2) is 20.9 Å². The van der Waals surface area contributed by atoms with Gasteiger partial charge >= 0.3 is 0 Å². The highest BCUT2D eigenvalue weighted by Gasteiger charge is 2.08. The molecule has 158 valence electrons. The predicted octanol–water partition coefficient (Wildman–Crippen LogP) is 3.94. The molecule has 32 heavy (non-hydrogen) atoms. The van der Waals surface area contributed by atoms with Gasteiger partial charge in [0.05, 0.1) is 28.4 Å². The van der Waals surface area contributed by atoms with E-state index in [-0.39, 0.29) is 17.9 Å². The summed E-state index contributed by atoms with van der Waals surface area (Å²) in [5, 5.41) is 12.5. The molecule has 0 unspecified atom stereocenters. The van der Waals surface area contributed by atoms with Crippen molar-refractivity contribution in [2.75, 3.05) is 5.32 Å². The quantitative estimate of drug-likeness (QED) is 0.463. The Kier molecular flexibility index (Phi) is 6.18. The number of para-hydroxylation sites is 2. The molecule has 0 aliphatic rings. The lowest BCUT2D eigenvalue weighted by molar-refractivity contribution is -0.116. The molecule has 0 atom stereocenters. The number of aryl methyl sites for hydroxylation is 1. The van der Waals surface area contributed by atoms with Crippen LogP contribution in [0, 0.1) is 11.3 Å². The van der Waals surface area contributed by atoms with Crippen LogP contribution in [0.4, 0.5) is 5.69 Å². The highest BCUT2D eigenvalue weighted by atomic mass is 16.5. The second-order valence-corrected chi connectivity index (χ2v) is 7.03. The first-order valence-corrected chi connectivity index (χ1v) is 10.0. The van der Waals surface area contributed by atoms with E-state index in [0.717, 1.165) is 0 Å². The maximum Gasteiger partial charge on any atom is 0.258 e. The molecular formula is C24H19N5O3. The predicted molar refractivity (Wildman–Crippen MR) is 119 cm³/mol. The SMILES string of the molecule is N#Cc1ccccc1Oc1ccc(NC(=O)CCCc2nc3ccccc3c(=O)[nH]2)cn1. The number of aromatic amines is 1. The normalized spacial score (nSPS) is 10.5. The number of nitrogens with zero attached hydrogens (tertiary/aromatic N) is 3. The molecule has 2 N–H and O–H groups in total. The van der Waals surface area contributed by atoms with Crippen LogP contribution in [0.5, 0.6) is 11.6 Å². The highest BCUT2D eigenvalue weighted by Crippen LogP contribution is 2.23. The van der Waals surface area contributed by atoms with Gasteiger partial charge in [0.15, 0.2) is 0 Å². The maximum atomic E-state index is 12.2. The summed E-state index contributed by atoms with van der Waals surface area (Å²) in [5.41, 5.74) is 1.41. The summed E-state index contributed by atoms with van der Waals surface area (Å²) in [6.07, 6.45) is 2.78. The maximum absolute atomic E-state index is 12.2. The van der Waals surface area contributed by atoms with E-state index in [1.54, 1.807) is 54.6 Å². The first kappa shape index (κ1) is 20.8. The van der Waals surface area contributed by atoms with Gasteiger partial charge in [-0.05, 0) is 36.8 Å². The van der Waals surface area contributed by atoms with Crippen LogP contribution in [0.15, 0.2) is 71.7 Å². The first-order valence-electron chi connectivity index (χ1n) is 10.0. The van der Waals surface area contributed by atoms with E-state index >= 15 is 0 Å². The van der Waals surface area contributed by atoms with Crippen molar-refractivity contribution in [3.8, 4) is 17.7 Å². The Hall–Kier alpha value is -4.51. The van der Waals surface area contributed by atoms with E-state index in [0.29, 0.717) is 52.4 Å². The van der Waals surface area contributed by atoms with Crippen LogP contribution in [0.1, 0.15) is 24.2 Å². The second kappa shape index (κ2) is 9.53. The number of carbonyl (C=O) groups is 1. The average Bonchev–Trinajstić information content (AvgIpc) is 2.81. The van der Waals surface area contributed by atoms with Crippen LogP contribution in [0.2, 0.25) is 0 Å². The molecule has 4 aromatic rings. The summed E-state index contributed by atoms with van der Waals surface area (Å²) in [5.74, 6) is 1.12. The molecule has 8 nitrogen and oxygen atoms in total. The molecule has 1 amide bonds. The van der Waals surface area contributed by atoms with E-state index in [4.69, 9.17) is 10.00 Å². The molecule has 2 heterocycles. The molecular weight excluding hydrogens is 406 g/mol. The minimum Gasteiger partial charge on any atom is -0.438 e. The number of hydrogen-bond acceptors (Lipinski definition) is 6. The number of aromatic nitrogens is 3. The number of amides is 1. The summed E-state index contributed by atoms with van der Waals surface area (Å²) in [4.78, 5) is 35.7. The second-order valence-electron chi connectivity index (χ2n) is 7.03. The third kappa shape index (κ3) is 4.96. The molecule has 0 aliphatic heterocycles. The molecule has 4 rings (SSSR count). The van der Waals surface area contributed by atoms with Gasteiger partial charge in [0.2, 0.25) is 11.8 Å². The van der Waals surface area contributed by atoms with E-state index in [1.807, 2.05) is 6.07 Å². The van der Waals surface area contributed by atoms with Gasteiger partial charge in [-0.3, -0.25) is 9.59 Å². The van der Waals surface area contributed by atoms with Crippen molar-refractivity contribution in [3.63, 3.8) is 0 Å². The number of ether oxygens (including phenoxy) is 1. The highest BCUT2D eigenvalue weighted by molar-refractivity contribution is 5.90. The van der Waals surface area contributed by atoms with Crippen molar-refractivity contribution in [1.82, 2.24) is 15.0 Å². The number of anilines is 1. The molecule has 2 aromatic carbocycles. The molecule has 0 aliphatic carbocycles. The summed E-state index contributed by atoms with van der Waals surface area (Å²) in [6, 6.07) is 19.4. The van der Waals surface area contributed by atoms with Crippen molar-refractivity contribution in [3.05, 3.63) is 88.6 Å². The fourth-order valence-electron chi connectivity index (χ4n) is 3.17. The Labute approximate surface area is 183 Å². The third-order valence-corrected chi connectivity index (χ3v) is 4.72. The fourth-order valence-corrected chi connectivity index (χ4v) is 3.17. The van der Waals surface area contributed by atoms with Crippen LogP contribution in [0.3, 0.4) is 0 Å². The molecule has 0 radical (unpaired) electrons. The number of benzene rings is 2. The van der Waals surface area contributed by atoms with Crippen molar-refractivity contribution in [1.29, 1.82) is 5.26 Å². The van der Waals surface area contributed by atoms with E-state index < -0.39 is 0 Å². The Morgan fingerprint density at radius 3 is 2.72 bits per heavy atom. The summed E-state index contributed by atoms with van der Waals surface area (Å²) in [7, 11) is 0. The Bertz CT molecular complexity index is 1360. The minimum atomic E-state index is -0.180. The molecule has 0 bridgehead atoms. The van der Waals surface area contributed by atoms with Crippen molar-refractivity contribution >= 4 is 22.5 Å². The van der Waals surface area contributed by atoms with Gasteiger partial charge in [0.1, 0.15) is 17.6 Å². The number of carbonyl (C=O) groups excluding carboxylic acids is 1. The molecule has 8 heteroatoms. The average molecular weight is 425 g/mol. The zero-order valence-electron chi connectivity index (χ0n) is 17.0. The number of fused-ring (bicyclic) bond motifs is 1. The summed E-state index contributed by atoms with van der Waals surface area (Å²) < 4.78 is 5.63. The van der Waals surface area contributed by atoms with E-state index in [1.165, 1.54) is 6.20 Å². The Morgan fingerprint density at radius 2 is 1.91 bits per heavy atom. The number of nitrogens with one attached hydrogen (secondary N) is 2. The van der Waals surface area contributed by atoms with Crippen LogP contribution in [0.25, 0.3) is 10.9 Å². The number of nitriles is 1. The lowest BCUT2D eigenvalue weighted by Crippen LogP contribution is -2.14. The lowest BCUT2D eigenvalue weighted by Gasteiger charge is -2.08. The van der Waals surface area contributed by atoms with Crippen LogP contribution in [-0.2, 0) is 11.2 Å². The fraction of sp³-hybridized carbons (Fsp3) is 0.125. The first-order chi connectivity index (χ1) is 15.6. The van der Waals surface area contributed by atoms with Gasteiger partial charge in [0, 0.05) is 18.9 Å². The molecule has 0 fully saturated rings. The van der Waals surface area contributed by atoms with Gasteiger partial charge in [-0.25, -0.2) is 9.97 Å². The summed E-state index contributed by atoms with van der Waals surface area (Å²) >= 11 is 0. The van der Waals surface area contributed by atoms with Gasteiger partial charge in [-0.15, -0.1) is 0 Å². The zero-order valence-corrected chi connectivity index (χ0v) is 17.0. The van der Waals surface area contributed by atoms with Crippen molar-refractivity contribution < 1.29 is 9.53 Å². The van der Waals surface area contributed by atoms with E-state index in [2.05, 4.69) is 26.3 Å². The largest absolute Gasteiger partial charge is 0.438 e. The van der Waals surface area contributed by atoms with Crippen molar-refractivity contribution in [2.45, 2.75) is 19.3 Å². The number of rotatable bonds is 7. The summed E-state index contributed by atoms with van der Waals surface area (Å²) in [6.45, 7) is 0. The van der Waals surface area contributed by atoms with Gasteiger partial charge in [0.25, 0.3) is 5.56 Å². The molecule has 0 spiro atoms. The lowest BCUT2D eigenvalue weighted by atomic mass is 10.2. The van der Waals surface area contributed by atoms with Gasteiger partial charge in [-0.1, -0.05) is 24.3 Å². The Morgan fingerprint density at radius 1 is 1.09 bits per heavy atom. The standard InChI is InChI=1S/C24H19N5O3/c25-14-16-6-1-4-9-20(16)32-23-13-12-17(15-26-23)27-22(30)11-5-10-21-28-19-8-3-2-7-18(19)24(31)29-21/h1-4,6-9,12-13,15H,5,10-11H2,(H,27,30)(H,28,29,31). The topological polar surface area (TPSA) is 121 Å². The number of hydrogen-bond donors (Lipinski definition) is 2. The third-order valence-electron chi connectivity index (χ3n) is 4.72. The van der Waals surface area contributed by atoms with Gasteiger partial charge < -0.3 is 15.0 Å². The minimum absolute atomic E-state index is 0.168. The van der Waals surface area contributed by atoms with E-state index in [9.17, 15) is 9.59 Å². The number of H-pyrrole nitrogens is 1. The number of pyridine rings is 1. The van der Waals surface area contributed by atoms with Crippen molar-refractivity contribution in [2.24, 2.45) is 0 Å². The van der Waals surface area contributed by atoms with Gasteiger partial charge in [-0.2, -0.15) is 5.26 Å². The Balaban J connectivity index is 1.30. The molecule has 2 aromatic heterocycles.